The van der Waals surface area contributed by atoms with Crippen LogP contribution in [0, 0.1) is 5.92 Å². The summed E-state index contributed by atoms with van der Waals surface area (Å²) in [6.07, 6.45) is 2.11. The molecule has 5 heteroatoms. The van der Waals surface area contributed by atoms with Gasteiger partial charge in [0.05, 0.1) is 0 Å². The van der Waals surface area contributed by atoms with Gasteiger partial charge in [-0.05, 0) is 31.0 Å². The van der Waals surface area contributed by atoms with Gasteiger partial charge in [0.25, 0.3) is 0 Å². The van der Waals surface area contributed by atoms with Gasteiger partial charge in [0, 0.05) is 23.3 Å². The summed E-state index contributed by atoms with van der Waals surface area (Å²) in [5, 5.41) is 8.40. The van der Waals surface area contributed by atoms with Gasteiger partial charge in [0.2, 0.25) is 5.91 Å². The van der Waals surface area contributed by atoms with E-state index in [0.29, 0.717) is 17.4 Å². The lowest BCUT2D eigenvalue weighted by Crippen LogP contribution is -2.30. The second kappa shape index (κ2) is 5.73. The minimum absolute atomic E-state index is 0.0421. The van der Waals surface area contributed by atoms with Crippen LogP contribution in [0.1, 0.15) is 26.7 Å². The Bertz CT molecular complexity index is 481. The molecule has 1 fully saturated rings. The van der Waals surface area contributed by atoms with Crippen molar-refractivity contribution in [1.29, 1.82) is 0 Å². The van der Waals surface area contributed by atoms with Crippen molar-refractivity contribution >= 4 is 23.3 Å². The minimum Gasteiger partial charge on any atom is -0.335 e. The Morgan fingerprint density at radius 2 is 1.79 bits per heavy atom. The molecule has 102 valence electrons. The summed E-state index contributed by atoms with van der Waals surface area (Å²) in [7, 11) is 0. The van der Waals surface area contributed by atoms with E-state index in [1.165, 1.54) is 0 Å². The van der Waals surface area contributed by atoms with E-state index >= 15 is 0 Å². The number of hydrogen-bond acceptors (Lipinski definition) is 2. The molecular formula is C14H19N3O2. The Morgan fingerprint density at radius 1 is 1.16 bits per heavy atom. The molecule has 5 nitrogen and oxygen atoms in total. The Hall–Kier alpha value is -2.04. The van der Waals surface area contributed by atoms with Crippen molar-refractivity contribution < 1.29 is 9.59 Å². The number of nitrogens with one attached hydrogen (secondary N) is 3. The third-order valence-electron chi connectivity index (χ3n) is 2.82. The molecule has 3 amide bonds. The number of urea groups is 1. The molecule has 0 atom stereocenters. The molecule has 0 heterocycles. The first-order valence-corrected chi connectivity index (χ1v) is 6.53. The third-order valence-corrected chi connectivity index (χ3v) is 2.82. The zero-order valence-electron chi connectivity index (χ0n) is 11.2. The fourth-order valence-corrected chi connectivity index (χ4v) is 1.54. The molecule has 0 saturated heterocycles. The van der Waals surface area contributed by atoms with E-state index in [1.807, 2.05) is 13.8 Å². The van der Waals surface area contributed by atoms with Gasteiger partial charge in [-0.25, -0.2) is 4.79 Å². The molecule has 1 aromatic rings. The van der Waals surface area contributed by atoms with Gasteiger partial charge in [0.1, 0.15) is 0 Å². The van der Waals surface area contributed by atoms with Gasteiger partial charge < -0.3 is 16.0 Å². The number of amides is 3. The molecule has 0 radical (unpaired) electrons. The highest BCUT2D eigenvalue weighted by Crippen LogP contribution is 2.19. The maximum absolute atomic E-state index is 11.6. The van der Waals surface area contributed by atoms with E-state index in [9.17, 15) is 9.59 Å². The summed E-state index contributed by atoms with van der Waals surface area (Å²) in [6, 6.07) is 7.25. The summed E-state index contributed by atoms with van der Waals surface area (Å²) in [6.45, 7) is 3.67. The average Bonchev–Trinajstić information content (AvgIpc) is 3.12. The van der Waals surface area contributed by atoms with Crippen LogP contribution in [-0.2, 0) is 4.79 Å². The molecule has 1 saturated carbocycles. The van der Waals surface area contributed by atoms with Crippen molar-refractivity contribution in [1.82, 2.24) is 5.32 Å². The lowest BCUT2D eigenvalue weighted by Gasteiger charge is -2.10. The molecule has 1 aromatic carbocycles. The summed E-state index contributed by atoms with van der Waals surface area (Å²) in [5.74, 6) is -0.116. The lowest BCUT2D eigenvalue weighted by atomic mass is 10.2. The van der Waals surface area contributed by atoms with Crippen LogP contribution >= 0.6 is 0 Å². The second-order valence-corrected chi connectivity index (χ2v) is 5.10. The van der Waals surface area contributed by atoms with Crippen molar-refractivity contribution in [3.8, 4) is 0 Å². The molecule has 1 aliphatic carbocycles. The van der Waals surface area contributed by atoms with Crippen LogP contribution in [0.3, 0.4) is 0 Å². The van der Waals surface area contributed by atoms with Crippen LogP contribution in [0.4, 0.5) is 16.2 Å². The molecule has 19 heavy (non-hydrogen) atoms. The van der Waals surface area contributed by atoms with E-state index in [4.69, 9.17) is 0 Å². The minimum atomic E-state index is -0.199. The zero-order valence-corrected chi connectivity index (χ0v) is 11.2. The lowest BCUT2D eigenvalue weighted by molar-refractivity contribution is -0.118. The Kier molecular flexibility index (Phi) is 4.04. The molecular weight excluding hydrogens is 242 g/mol. The summed E-state index contributed by atoms with van der Waals surface area (Å²) in [5.41, 5.74) is 1.35. The Labute approximate surface area is 112 Å². The quantitative estimate of drug-likeness (QED) is 0.779. The Morgan fingerprint density at radius 3 is 2.37 bits per heavy atom. The van der Waals surface area contributed by atoms with Crippen LogP contribution < -0.4 is 16.0 Å². The molecule has 2 rings (SSSR count). The summed E-state index contributed by atoms with van der Waals surface area (Å²) < 4.78 is 0. The molecule has 1 aliphatic rings. The zero-order chi connectivity index (χ0) is 13.8. The van der Waals surface area contributed by atoms with Gasteiger partial charge in [-0.2, -0.15) is 0 Å². The standard InChI is InChI=1S/C14H19N3O2/c1-9(2)13(18)15-11-4-3-5-12(8-11)17-14(19)16-10-6-7-10/h3-5,8-10H,6-7H2,1-2H3,(H,15,18)(H2,16,17,19). The molecule has 0 unspecified atom stereocenters. The van der Waals surface area contributed by atoms with E-state index < -0.39 is 0 Å². The maximum Gasteiger partial charge on any atom is 0.319 e. The fraction of sp³-hybridized carbons (Fsp3) is 0.429. The number of anilines is 2. The highest BCUT2D eigenvalue weighted by Gasteiger charge is 2.23. The summed E-state index contributed by atoms with van der Waals surface area (Å²) >= 11 is 0. The number of benzene rings is 1. The normalized spacial score (nSPS) is 14.1. The molecule has 0 spiro atoms. The van der Waals surface area contributed by atoms with E-state index in [-0.39, 0.29) is 17.9 Å². The molecule has 0 aromatic heterocycles. The average molecular weight is 261 g/mol. The van der Waals surface area contributed by atoms with Crippen LogP contribution in [0.2, 0.25) is 0 Å². The van der Waals surface area contributed by atoms with Crippen molar-refractivity contribution in [3.05, 3.63) is 24.3 Å². The summed E-state index contributed by atoms with van der Waals surface area (Å²) in [4.78, 5) is 23.2. The highest BCUT2D eigenvalue weighted by atomic mass is 16.2. The Balaban J connectivity index is 1.93. The first-order valence-electron chi connectivity index (χ1n) is 6.53. The van der Waals surface area contributed by atoms with Crippen LogP contribution in [-0.4, -0.2) is 18.0 Å². The first kappa shape index (κ1) is 13.4. The number of carbonyl (C=O) groups is 2. The van der Waals surface area contributed by atoms with Crippen molar-refractivity contribution in [2.45, 2.75) is 32.7 Å². The fourth-order valence-electron chi connectivity index (χ4n) is 1.54. The van der Waals surface area contributed by atoms with Crippen LogP contribution in [0.25, 0.3) is 0 Å². The van der Waals surface area contributed by atoms with Crippen molar-refractivity contribution in [2.75, 3.05) is 10.6 Å². The van der Waals surface area contributed by atoms with E-state index in [1.54, 1.807) is 24.3 Å². The SMILES string of the molecule is CC(C)C(=O)Nc1cccc(NC(=O)NC2CC2)c1. The molecule has 0 aliphatic heterocycles. The van der Waals surface area contributed by atoms with Gasteiger partial charge in [-0.3, -0.25) is 4.79 Å². The van der Waals surface area contributed by atoms with Crippen molar-refractivity contribution in [2.24, 2.45) is 5.92 Å². The second-order valence-electron chi connectivity index (χ2n) is 5.10. The highest BCUT2D eigenvalue weighted by molar-refractivity contribution is 5.94. The predicted molar refractivity (Wildman–Crippen MR) is 75.1 cm³/mol. The van der Waals surface area contributed by atoms with Gasteiger partial charge in [-0.15, -0.1) is 0 Å². The maximum atomic E-state index is 11.6. The van der Waals surface area contributed by atoms with E-state index in [2.05, 4.69) is 16.0 Å². The monoisotopic (exact) mass is 261 g/mol. The smallest absolute Gasteiger partial charge is 0.319 e. The third kappa shape index (κ3) is 4.28. The van der Waals surface area contributed by atoms with E-state index in [0.717, 1.165) is 12.8 Å². The van der Waals surface area contributed by atoms with Crippen molar-refractivity contribution in [3.63, 3.8) is 0 Å². The predicted octanol–water partition coefficient (Wildman–Crippen LogP) is 2.57. The largest absolute Gasteiger partial charge is 0.335 e. The van der Waals surface area contributed by atoms with Gasteiger partial charge in [-0.1, -0.05) is 19.9 Å². The molecule has 3 N–H and O–H groups in total. The van der Waals surface area contributed by atoms with Crippen LogP contribution in [0.15, 0.2) is 24.3 Å². The molecule has 0 bridgehead atoms. The number of rotatable bonds is 4. The van der Waals surface area contributed by atoms with Gasteiger partial charge in [0.15, 0.2) is 0 Å². The first-order chi connectivity index (χ1) is 9.04. The number of hydrogen-bond donors (Lipinski definition) is 3. The number of carbonyl (C=O) groups excluding carboxylic acids is 2. The van der Waals surface area contributed by atoms with Gasteiger partial charge >= 0.3 is 6.03 Å². The van der Waals surface area contributed by atoms with Crippen LogP contribution in [0.5, 0.6) is 0 Å². The topological polar surface area (TPSA) is 70.2 Å².